The molecule has 112 valence electrons. The first kappa shape index (κ1) is 15.4. The first-order valence-electron chi connectivity index (χ1n) is 6.72. The highest BCUT2D eigenvalue weighted by molar-refractivity contribution is 7.92. The van der Waals surface area contributed by atoms with Crippen LogP contribution >= 0.6 is 0 Å². The second kappa shape index (κ2) is 5.77. The molecule has 0 aliphatic heterocycles. The minimum absolute atomic E-state index is 0.108. The number of rotatable bonds is 4. The van der Waals surface area contributed by atoms with Crippen molar-refractivity contribution < 1.29 is 13.5 Å². The van der Waals surface area contributed by atoms with E-state index >= 15 is 0 Å². The van der Waals surface area contributed by atoms with E-state index in [0.29, 0.717) is 17.2 Å². The number of phenols is 1. The van der Waals surface area contributed by atoms with Crippen molar-refractivity contribution in [1.82, 2.24) is 0 Å². The second-order valence-electron chi connectivity index (χ2n) is 5.33. The van der Waals surface area contributed by atoms with Gasteiger partial charge in [0.2, 0.25) is 0 Å². The van der Waals surface area contributed by atoms with Crippen LogP contribution in [0.2, 0.25) is 0 Å². The Kier molecular flexibility index (Phi) is 4.23. The SMILES string of the molecule is Cc1cc(O)ccc1NS(=O)(=O)c1ccc(C(C)C)cc1. The van der Waals surface area contributed by atoms with Crippen LogP contribution in [-0.2, 0) is 10.0 Å². The Labute approximate surface area is 125 Å². The van der Waals surface area contributed by atoms with Crippen LogP contribution in [-0.4, -0.2) is 13.5 Å². The number of sulfonamides is 1. The third-order valence-corrected chi connectivity index (χ3v) is 4.69. The Morgan fingerprint density at radius 2 is 1.67 bits per heavy atom. The van der Waals surface area contributed by atoms with Gasteiger partial charge in [-0.15, -0.1) is 0 Å². The fourth-order valence-electron chi connectivity index (χ4n) is 2.00. The van der Waals surface area contributed by atoms with Crippen LogP contribution in [0.3, 0.4) is 0 Å². The maximum absolute atomic E-state index is 12.3. The van der Waals surface area contributed by atoms with E-state index in [4.69, 9.17) is 0 Å². The minimum atomic E-state index is -3.62. The molecule has 21 heavy (non-hydrogen) atoms. The van der Waals surface area contributed by atoms with Crippen LogP contribution in [0, 0.1) is 6.92 Å². The summed E-state index contributed by atoms with van der Waals surface area (Å²) in [6.45, 7) is 5.85. The van der Waals surface area contributed by atoms with Crippen molar-refractivity contribution in [1.29, 1.82) is 0 Å². The number of nitrogens with one attached hydrogen (secondary N) is 1. The summed E-state index contributed by atoms with van der Waals surface area (Å²) < 4.78 is 27.2. The molecule has 0 aliphatic rings. The predicted molar refractivity (Wildman–Crippen MR) is 84.2 cm³/mol. The average molecular weight is 305 g/mol. The Hall–Kier alpha value is -2.01. The molecule has 5 heteroatoms. The Morgan fingerprint density at radius 3 is 2.19 bits per heavy atom. The Bertz CT molecular complexity index is 735. The van der Waals surface area contributed by atoms with Gasteiger partial charge in [0.05, 0.1) is 10.6 Å². The van der Waals surface area contributed by atoms with Crippen molar-refractivity contribution in [2.75, 3.05) is 4.72 Å². The van der Waals surface area contributed by atoms with Gasteiger partial charge in [-0.3, -0.25) is 4.72 Å². The molecular formula is C16H19NO3S. The zero-order valence-electron chi connectivity index (χ0n) is 12.3. The summed E-state index contributed by atoms with van der Waals surface area (Å²) in [6, 6.07) is 11.4. The van der Waals surface area contributed by atoms with E-state index < -0.39 is 10.0 Å². The summed E-state index contributed by atoms with van der Waals surface area (Å²) >= 11 is 0. The number of aryl methyl sites for hydroxylation is 1. The number of benzene rings is 2. The van der Waals surface area contributed by atoms with Crippen molar-refractivity contribution in [2.24, 2.45) is 0 Å². The van der Waals surface area contributed by atoms with Crippen molar-refractivity contribution >= 4 is 15.7 Å². The van der Waals surface area contributed by atoms with Crippen LogP contribution in [0.15, 0.2) is 47.4 Å². The van der Waals surface area contributed by atoms with Crippen molar-refractivity contribution in [3.63, 3.8) is 0 Å². The van der Waals surface area contributed by atoms with Gasteiger partial charge in [-0.2, -0.15) is 0 Å². The zero-order valence-corrected chi connectivity index (χ0v) is 13.1. The lowest BCUT2D eigenvalue weighted by molar-refractivity contribution is 0.475. The Morgan fingerprint density at radius 1 is 1.05 bits per heavy atom. The molecule has 0 amide bonds. The maximum atomic E-state index is 12.3. The van der Waals surface area contributed by atoms with E-state index in [1.165, 1.54) is 12.1 Å². The standard InChI is InChI=1S/C16H19NO3S/c1-11(2)13-4-7-15(8-5-13)21(19,20)17-16-9-6-14(18)10-12(16)3/h4-11,17-18H,1-3H3. The van der Waals surface area contributed by atoms with Gasteiger partial charge >= 0.3 is 0 Å². The third-order valence-electron chi connectivity index (χ3n) is 3.31. The lowest BCUT2D eigenvalue weighted by Crippen LogP contribution is -2.13. The van der Waals surface area contributed by atoms with E-state index in [0.717, 1.165) is 5.56 Å². The van der Waals surface area contributed by atoms with E-state index in [2.05, 4.69) is 18.6 Å². The quantitative estimate of drug-likeness (QED) is 0.848. The molecule has 2 aromatic rings. The largest absolute Gasteiger partial charge is 0.508 e. The fourth-order valence-corrected chi connectivity index (χ4v) is 3.13. The molecule has 0 unspecified atom stereocenters. The molecule has 2 aromatic carbocycles. The van der Waals surface area contributed by atoms with E-state index in [1.807, 2.05) is 12.1 Å². The van der Waals surface area contributed by atoms with Gasteiger partial charge in [-0.05, 0) is 54.3 Å². The summed E-state index contributed by atoms with van der Waals surface area (Å²) in [6.07, 6.45) is 0. The smallest absolute Gasteiger partial charge is 0.261 e. The van der Waals surface area contributed by atoms with Gasteiger partial charge in [0, 0.05) is 0 Å². The first-order chi connectivity index (χ1) is 9.79. The third kappa shape index (κ3) is 3.55. The minimum Gasteiger partial charge on any atom is -0.508 e. The van der Waals surface area contributed by atoms with E-state index in [1.54, 1.807) is 25.1 Å². The lowest BCUT2D eigenvalue weighted by Gasteiger charge is -2.12. The van der Waals surface area contributed by atoms with Crippen molar-refractivity contribution in [2.45, 2.75) is 31.6 Å². The number of hydrogen-bond donors (Lipinski definition) is 2. The molecule has 0 bridgehead atoms. The monoisotopic (exact) mass is 305 g/mol. The molecule has 4 nitrogen and oxygen atoms in total. The number of anilines is 1. The molecule has 0 spiro atoms. The molecule has 0 aromatic heterocycles. The normalized spacial score (nSPS) is 11.6. The van der Waals surface area contributed by atoms with Gasteiger partial charge in [-0.25, -0.2) is 8.42 Å². The summed E-state index contributed by atoms with van der Waals surface area (Å²) in [5.41, 5.74) is 2.22. The molecule has 0 heterocycles. The molecule has 0 radical (unpaired) electrons. The molecule has 2 rings (SSSR count). The molecule has 0 fully saturated rings. The van der Waals surface area contributed by atoms with Crippen molar-refractivity contribution in [3.05, 3.63) is 53.6 Å². The Balaban J connectivity index is 2.29. The number of hydrogen-bond acceptors (Lipinski definition) is 3. The van der Waals surface area contributed by atoms with Gasteiger partial charge in [0.15, 0.2) is 0 Å². The molecule has 0 aliphatic carbocycles. The lowest BCUT2D eigenvalue weighted by atomic mass is 10.0. The van der Waals surface area contributed by atoms with Crippen LogP contribution in [0.25, 0.3) is 0 Å². The summed E-state index contributed by atoms with van der Waals surface area (Å²) in [5, 5.41) is 9.36. The van der Waals surface area contributed by atoms with Crippen molar-refractivity contribution in [3.8, 4) is 5.75 Å². The van der Waals surface area contributed by atoms with Crippen LogP contribution in [0.5, 0.6) is 5.75 Å². The van der Waals surface area contributed by atoms with Gasteiger partial charge in [-0.1, -0.05) is 26.0 Å². The maximum Gasteiger partial charge on any atom is 0.261 e. The summed E-state index contributed by atoms with van der Waals surface area (Å²) in [4.78, 5) is 0.222. The zero-order chi connectivity index (χ0) is 15.6. The van der Waals surface area contributed by atoms with Crippen LogP contribution in [0.1, 0.15) is 30.9 Å². The molecule has 0 saturated carbocycles. The van der Waals surface area contributed by atoms with E-state index in [9.17, 15) is 13.5 Å². The second-order valence-corrected chi connectivity index (χ2v) is 7.01. The average Bonchev–Trinajstić information content (AvgIpc) is 2.42. The molecule has 0 atom stereocenters. The number of aromatic hydroxyl groups is 1. The highest BCUT2D eigenvalue weighted by atomic mass is 32.2. The molecule has 0 saturated heterocycles. The highest BCUT2D eigenvalue weighted by Crippen LogP contribution is 2.24. The predicted octanol–water partition coefficient (Wildman–Crippen LogP) is 3.62. The topological polar surface area (TPSA) is 66.4 Å². The first-order valence-corrected chi connectivity index (χ1v) is 8.20. The van der Waals surface area contributed by atoms with E-state index in [-0.39, 0.29) is 10.6 Å². The van der Waals surface area contributed by atoms with Gasteiger partial charge < -0.3 is 5.11 Å². The number of phenolic OH excluding ortho intramolecular Hbond substituents is 1. The summed E-state index contributed by atoms with van der Waals surface area (Å²) in [5.74, 6) is 0.464. The highest BCUT2D eigenvalue weighted by Gasteiger charge is 2.15. The van der Waals surface area contributed by atoms with Gasteiger partial charge in [0.1, 0.15) is 5.75 Å². The summed E-state index contributed by atoms with van der Waals surface area (Å²) in [7, 11) is -3.62. The van der Waals surface area contributed by atoms with Crippen LogP contribution in [0.4, 0.5) is 5.69 Å². The van der Waals surface area contributed by atoms with Crippen LogP contribution < -0.4 is 4.72 Å². The molecular weight excluding hydrogens is 286 g/mol. The molecule has 2 N–H and O–H groups in total. The fraction of sp³-hybridized carbons (Fsp3) is 0.250. The van der Waals surface area contributed by atoms with Gasteiger partial charge in [0.25, 0.3) is 10.0 Å².